The van der Waals surface area contributed by atoms with Gasteiger partial charge in [-0.2, -0.15) is 0 Å². The van der Waals surface area contributed by atoms with Crippen LogP contribution >= 0.6 is 0 Å². The minimum absolute atomic E-state index is 0.196. The van der Waals surface area contributed by atoms with E-state index in [4.69, 9.17) is 4.74 Å². The maximum atomic E-state index is 11.6. The molecule has 0 aromatic heterocycles. The van der Waals surface area contributed by atoms with Crippen molar-refractivity contribution in [3.8, 4) is 0 Å². The third kappa shape index (κ3) is 1.94. The monoisotopic (exact) mass is 219 g/mol. The number of hydrogen-bond donors (Lipinski definition) is 1. The van der Waals surface area contributed by atoms with E-state index in [2.05, 4.69) is 5.32 Å². The molecule has 5 heteroatoms. The molecule has 1 N–H and O–H groups in total. The highest BCUT2D eigenvalue weighted by Crippen LogP contribution is 2.29. The van der Waals surface area contributed by atoms with Gasteiger partial charge in [0, 0.05) is 13.0 Å². The van der Waals surface area contributed by atoms with Gasteiger partial charge in [-0.05, 0) is 19.8 Å². The normalized spacial score (nSPS) is 41.6. The van der Waals surface area contributed by atoms with Gasteiger partial charge in [0.25, 0.3) is 0 Å². The molecule has 2 rings (SSSR count). The third-order valence-electron chi connectivity index (χ3n) is 3.10. The van der Waals surface area contributed by atoms with Crippen LogP contribution in [0.15, 0.2) is 0 Å². The van der Waals surface area contributed by atoms with Gasteiger partial charge in [0.1, 0.15) is 5.72 Å². The van der Waals surface area contributed by atoms with Gasteiger partial charge in [-0.1, -0.05) is 0 Å². The molecule has 0 aliphatic carbocycles. The standard InChI is InChI=1S/C9H17NO3S/c1-9(10-4-5-13-9)7-8-3-2-6-14(8,11)12/h8,10H,2-7H2,1H3. The van der Waals surface area contributed by atoms with Gasteiger partial charge in [0.05, 0.1) is 17.6 Å². The van der Waals surface area contributed by atoms with Crippen molar-refractivity contribution in [2.24, 2.45) is 0 Å². The minimum Gasteiger partial charge on any atom is -0.360 e. The molecule has 0 radical (unpaired) electrons. The summed E-state index contributed by atoms with van der Waals surface area (Å²) in [5.41, 5.74) is -0.415. The number of nitrogens with one attached hydrogen (secondary N) is 1. The SMILES string of the molecule is CC1(CC2CCCS2(=O)=O)NCCO1. The van der Waals surface area contributed by atoms with Crippen LogP contribution in [0.3, 0.4) is 0 Å². The Morgan fingerprint density at radius 2 is 2.36 bits per heavy atom. The number of ether oxygens (including phenoxy) is 1. The Labute approximate surface area is 84.9 Å². The molecular weight excluding hydrogens is 202 g/mol. The number of sulfone groups is 1. The lowest BCUT2D eigenvalue weighted by molar-refractivity contribution is -0.00122. The molecule has 2 saturated heterocycles. The summed E-state index contributed by atoms with van der Waals surface area (Å²) in [6.45, 7) is 3.44. The van der Waals surface area contributed by atoms with Crippen LogP contribution in [-0.4, -0.2) is 38.3 Å². The molecule has 0 saturated carbocycles. The second-order valence-corrected chi connectivity index (χ2v) is 6.74. The van der Waals surface area contributed by atoms with E-state index >= 15 is 0 Å². The first kappa shape index (κ1) is 10.4. The van der Waals surface area contributed by atoms with Gasteiger partial charge < -0.3 is 4.74 Å². The number of hydrogen-bond acceptors (Lipinski definition) is 4. The number of rotatable bonds is 2. The molecule has 0 aromatic carbocycles. The zero-order chi connectivity index (χ0) is 10.2. The van der Waals surface area contributed by atoms with Crippen molar-refractivity contribution in [3.05, 3.63) is 0 Å². The van der Waals surface area contributed by atoms with Crippen molar-refractivity contribution in [2.75, 3.05) is 18.9 Å². The van der Waals surface area contributed by atoms with Crippen molar-refractivity contribution in [2.45, 2.75) is 37.2 Å². The predicted molar refractivity (Wildman–Crippen MR) is 53.8 cm³/mol. The molecule has 2 aliphatic heterocycles. The average molecular weight is 219 g/mol. The highest BCUT2D eigenvalue weighted by molar-refractivity contribution is 7.92. The van der Waals surface area contributed by atoms with Gasteiger partial charge in [-0.25, -0.2) is 8.42 Å². The van der Waals surface area contributed by atoms with Crippen LogP contribution in [-0.2, 0) is 14.6 Å². The van der Waals surface area contributed by atoms with Crippen LogP contribution in [0.2, 0.25) is 0 Å². The van der Waals surface area contributed by atoms with Crippen LogP contribution in [0, 0.1) is 0 Å². The Morgan fingerprint density at radius 3 is 2.86 bits per heavy atom. The van der Waals surface area contributed by atoms with Crippen molar-refractivity contribution < 1.29 is 13.2 Å². The summed E-state index contributed by atoms with van der Waals surface area (Å²) < 4.78 is 28.7. The lowest BCUT2D eigenvalue weighted by Gasteiger charge is -2.26. The molecule has 0 aromatic rings. The molecule has 2 heterocycles. The Balaban J connectivity index is 2.03. The van der Waals surface area contributed by atoms with E-state index in [9.17, 15) is 8.42 Å². The van der Waals surface area contributed by atoms with Gasteiger partial charge in [-0.3, -0.25) is 5.32 Å². The van der Waals surface area contributed by atoms with Crippen molar-refractivity contribution in [3.63, 3.8) is 0 Å². The summed E-state index contributed by atoms with van der Waals surface area (Å²) in [6.07, 6.45) is 2.20. The van der Waals surface area contributed by atoms with Crippen molar-refractivity contribution >= 4 is 9.84 Å². The van der Waals surface area contributed by atoms with Crippen molar-refractivity contribution in [1.82, 2.24) is 5.32 Å². The molecule has 0 amide bonds. The fourth-order valence-electron chi connectivity index (χ4n) is 2.30. The average Bonchev–Trinajstić information content (AvgIpc) is 2.61. The molecular formula is C9H17NO3S. The van der Waals surface area contributed by atoms with Gasteiger partial charge in [0.15, 0.2) is 9.84 Å². The molecule has 14 heavy (non-hydrogen) atoms. The van der Waals surface area contributed by atoms with Crippen LogP contribution in [0.5, 0.6) is 0 Å². The molecule has 2 aliphatic rings. The summed E-state index contributed by atoms with van der Waals surface area (Å²) in [5.74, 6) is 0.355. The maximum Gasteiger partial charge on any atom is 0.153 e. The van der Waals surface area contributed by atoms with Crippen molar-refractivity contribution in [1.29, 1.82) is 0 Å². The van der Waals surface area contributed by atoms with Crippen LogP contribution in [0.25, 0.3) is 0 Å². The Kier molecular flexibility index (Phi) is 2.57. The summed E-state index contributed by atoms with van der Waals surface area (Å²) in [5, 5.41) is 3.01. The van der Waals surface area contributed by atoms with Gasteiger partial charge in [-0.15, -0.1) is 0 Å². The topological polar surface area (TPSA) is 55.4 Å². The second kappa shape index (κ2) is 3.47. The molecule has 4 nitrogen and oxygen atoms in total. The molecule has 2 atom stereocenters. The Bertz CT molecular complexity index is 306. The Morgan fingerprint density at radius 1 is 1.57 bits per heavy atom. The first-order valence-electron chi connectivity index (χ1n) is 5.12. The second-order valence-electron chi connectivity index (χ2n) is 4.34. The zero-order valence-electron chi connectivity index (χ0n) is 8.45. The van der Waals surface area contributed by atoms with Crippen LogP contribution in [0.1, 0.15) is 26.2 Å². The van der Waals surface area contributed by atoms with E-state index in [-0.39, 0.29) is 5.25 Å². The van der Waals surface area contributed by atoms with E-state index in [1.807, 2.05) is 6.92 Å². The first-order valence-corrected chi connectivity index (χ1v) is 6.84. The maximum absolute atomic E-state index is 11.6. The fourth-order valence-corrected chi connectivity index (χ4v) is 4.30. The Hall–Kier alpha value is -0.130. The van der Waals surface area contributed by atoms with Crippen LogP contribution in [0.4, 0.5) is 0 Å². The first-order chi connectivity index (χ1) is 6.52. The lowest BCUT2D eigenvalue weighted by Crippen LogP contribution is -2.41. The fraction of sp³-hybridized carbons (Fsp3) is 1.00. The summed E-state index contributed by atoms with van der Waals surface area (Å²) in [6, 6.07) is 0. The molecule has 2 fully saturated rings. The lowest BCUT2D eigenvalue weighted by atomic mass is 10.1. The van der Waals surface area contributed by atoms with Gasteiger partial charge >= 0.3 is 0 Å². The summed E-state index contributed by atoms with van der Waals surface area (Å²) >= 11 is 0. The van der Waals surface area contributed by atoms with E-state index in [1.54, 1.807) is 0 Å². The highest BCUT2D eigenvalue weighted by Gasteiger charge is 2.39. The zero-order valence-corrected chi connectivity index (χ0v) is 9.27. The van der Waals surface area contributed by atoms with E-state index in [0.717, 1.165) is 19.4 Å². The van der Waals surface area contributed by atoms with Gasteiger partial charge in [0.2, 0.25) is 0 Å². The molecule has 0 spiro atoms. The van der Waals surface area contributed by atoms with E-state index < -0.39 is 15.6 Å². The third-order valence-corrected chi connectivity index (χ3v) is 5.38. The largest absolute Gasteiger partial charge is 0.360 e. The predicted octanol–water partition coefficient (Wildman–Crippen LogP) is 0.290. The molecule has 0 bridgehead atoms. The quantitative estimate of drug-likeness (QED) is 0.725. The minimum atomic E-state index is -2.83. The van der Waals surface area contributed by atoms with Crippen LogP contribution < -0.4 is 5.32 Å². The molecule has 82 valence electrons. The smallest absolute Gasteiger partial charge is 0.153 e. The summed E-state index contributed by atoms with van der Waals surface area (Å²) in [7, 11) is -2.83. The van der Waals surface area contributed by atoms with E-state index in [0.29, 0.717) is 18.8 Å². The molecule has 2 unspecified atom stereocenters. The highest BCUT2D eigenvalue weighted by atomic mass is 32.2. The summed E-state index contributed by atoms with van der Waals surface area (Å²) in [4.78, 5) is 0. The van der Waals surface area contributed by atoms with E-state index in [1.165, 1.54) is 0 Å².